The summed E-state index contributed by atoms with van der Waals surface area (Å²) in [6.07, 6.45) is 0.763. The molecule has 0 bridgehead atoms. The summed E-state index contributed by atoms with van der Waals surface area (Å²) in [5.41, 5.74) is 0.0573. The number of amides is 1. The number of benzene rings is 1. The van der Waals surface area contributed by atoms with Gasteiger partial charge in [-0.15, -0.1) is 0 Å². The summed E-state index contributed by atoms with van der Waals surface area (Å²) in [6, 6.07) is 5.12. The molecule has 2 rings (SSSR count). The molecule has 0 saturated carbocycles. The predicted molar refractivity (Wildman–Crippen MR) is 107 cm³/mol. The summed E-state index contributed by atoms with van der Waals surface area (Å²) >= 11 is 0. The number of nitrogens with one attached hydrogen (secondary N) is 1. The number of aliphatic hydroxyl groups excluding tert-OH is 1. The van der Waals surface area contributed by atoms with E-state index in [-0.39, 0.29) is 23.7 Å². The Morgan fingerprint density at radius 1 is 1.21 bits per heavy atom. The van der Waals surface area contributed by atoms with Crippen LogP contribution < -0.4 is 5.32 Å². The highest BCUT2D eigenvalue weighted by Gasteiger charge is 2.55. The third kappa shape index (κ3) is 5.28. The summed E-state index contributed by atoms with van der Waals surface area (Å²) in [5.74, 6) is 8.91. The van der Waals surface area contributed by atoms with Gasteiger partial charge in [-0.1, -0.05) is 18.8 Å². The van der Waals surface area contributed by atoms with Gasteiger partial charge in [-0.05, 0) is 42.5 Å². The zero-order valence-electron chi connectivity index (χ0n) is 15.4. The molecule has 0 aromatic heterocycles. The fourth-order valence-corrected chi connectivity index (χ4v) is 5.61. The Labute approximate surface area is 165 Å². The van der Waals surface area contributed by atoms with Crippen molar-refractivity contribution in [3.8, 4) is 23.7 Å². The lowest BCUT2D eigenvalue weighted by atomic mass is 9.80. The molecule has 1 amide bonds. The number of aliphatic hydroxyl groups is 1. The minimum atomic E-state index is -2.76. The van der Waals surface area contributed by atoms with Crippen LogP contribution in [-0.2, 0) is 4.79 Å². The fraction of sp³-hybridized carbons (Fsp3) is 0.400. The number of carbonyl (C=O) groups excluding carboxylic acids is 1. The van der Waals surface area contributed by atoms with Gasteiger partial charge in [0.2, 0.25) is 0 Å². The predicted octanol–water partition coefficient (Wildman–Crippen LogP) is 1.77. The van der Waals surface area contributed by atoms with Crippen molar-refractivity contribution in [3.63, 3.8) is 0 Å². The van der Waals surface area contributed by atoms with Crippen molar-refractivity contribution in [1.29, 1.82) is 0 Å². The van der Waals surface area contributed by atoms with Crippen LogP contribution in [-0.4, -0.2) is 55.3 Å². The van der Waals surface area contributed by atoms with E-state index in [0.717, 1.165) is 0 Å². The quantitative estimate of drug-likeness (QED) is 0.459. The van der Waals surface area contributed by atoms with Gasteiger partial charge in [0.25, 0.3) is 5.91 Å². The van der Waals surface area contributed by atoms with Crippen LogP contribution in [0.2, 0.25) is 0 Å². The molecular weight excluding hydrogens is 382 g/mol. The summed E-state index contributed by atoms with van der Waals surface area (Å²) in [5, 5.41) is 20.7. The highest BCUT2D eigenvalue weighted by Crippen LogP contribution is 2.61. The molecule has 1 heterocycles. The van der Waals surface area contributed by atoms with Gasteiger partial charge >= 0.3 is 5.97 Å². The molecule has 0 radical (unpaired) electrons. The van der Waals surface area contributed by atoms with E-state index < -0.39 is 33.9 Å². The highest BCUT2D eigenvalue weighted by atomic mass is 32.3. The van der Waals surface area contributed by atoms with E-state index in [1.54, 1.807) is 19.1 Å². The smallest absolute Gasteiger partial charge is 0.326 e. The van der Waals surface area contributed by atoms with Crippen LogP contribution in [0.3, 0.4) is 0 Å². The zero-order valence-corrected chi connectivity index (χ0v) is 16.3. The molecule has 28 heavy (non-hydrogen) atoms. The van der Waals surface area contributed by atoms with E-state index in [4.69, 9.17) is 5.11 Å². The van der Waals surface area contributed by atoms with Crippen molar-refractivity contribution in [2.45, 2.75) is 25.8 Å². The molecular formula is C20H23NO6S. The molecule has 1 aromatic carbocycles. The molecule has 1 fully saturated rings. The van der Waals surface area contributed by atoms with Crippen LogP contribution in [0.15, 0.2) is 24.3 Å². The SMILES string of the molecule is CCC1(C(NC(=O)c2ccc(C#CC#CCCO)cc2)C(=O)O)CS(O)(O)C1. The maximum absolute atomic E-state index is 12.5. The number of carbonyl (C=O) groups is 2. The first kappa shape index (κ1) is 21.8. The number of carboxylic acid groups (broad SMARTS) is 1. The van der Waals surface area contributed by atoms with Crippen LogP contribution >= 0.6 is 10.6 Å². The van der Waals surface area contributed by atoms with Crippen LogP contribution in [0, 0.1) is 29.1 Å². The van der Waals surface area contributed by atoms with Crippen molar-refractivity contribution in [3.05, 3.63) is 35.4 Å². The van der Waals surface area contributed by atoms with Gasteiger partial charge in [0.1, 0.15) is 6.04 Å². The normalized spacial score (nSPS) is 18.1. The number of carboxylic acids is 1. The van der Waals surface area contributed by atoms with Crippen molar-refractivity contribution >= 4 is 22.5 Å². The molecule has 150 valence electrons. The molecule has 1 aromatic rings. The van der Waals surface area contributed by atoms with Crippen LogP contribution in [0.4, 0.5) is 0 Å². The van der Waals surface area contributed by atoms with Gasteiger partial charge in [-0.2, -0.15) is 10.6 Å². The molecule has 0 aliphatic carbocycles. The monoisotopic (exact) mass is 405 g/mol. The lowest BCUT2D eigenvalue weighted by Gasteiger charge is -2.57. The summed E-state index contributed by atoms with van der Waals surface area (Å²) in [7, 11) is -2.76. The fourth-order valence-electron chi connectivity index (χ4n) is 3.12. The molecule has 8 heteroatoms. The van der Waals surface area contributed by atoms with Crippen molar-refractivity contribution in [2.75, 3.05) is 18.1 Å². The Balaban J connectivity index is 2.08. The number of aliphatic carboxylic acids is 1. The molecule has 1 atom stereocenters. The number of rotatable bonds is 6. The minimum absolute atomic E-state index is 0.0198. The van der Waals surface area contributed by atoms with E-state index in [9.17, 15) is 23.8 Å². The second-order valence-electron chi connectivity index (χ2n) is 6.65. The number of hydrogen-bond donors (Lipinski definition) is 5. The van der Waals surface area contributed by atoms with Gasteiger partial charge in [0.05, 0.1) is 6.61 Å². The Hall–Kier alpha value is -2.49. The maximum Gasteiger partial charge on any atom is 0.326 e. The Morgan fingerprint density at radius 3 is 2.36 bits per heavy atom. The molecule has 7 nitrogen and oxygen atoms in total. The van der Waals surface area contributed by atoms with Gasteiger partial charge in [0, 0.05) is 34.5 Å². The topological polar surface area (TPSA) is 127 Å². The Kier molecular flexibility index (Phi) is 7.11. The minimum Gasteiger partial charge on any atom is -0.480 e. The third-order valence-electron chi connectivity index (χ3n) is 4.62. The van der Waals surface area contributed by atoms with Crippen molar-refractivity contribution < 1.29 is 28.9 Å². The summed E-state index contributed by atoms with van der Waals surface area (Å²) < 4.78 is 19.4. The van der Waals surface area contributed by atoms with Gasteiger partial charge in [-0.3, -0.25) is 13.9 Å². The standard InChI is InChI=1S/C20H23NO6S/c1-2-20(13-28(26,27)14-20)17(19(24)25)21-18(23)16-10-8-15(9-11-16)7-5-3-4-6-12-22/h8-11,17,22,26-27H,2,6,12-14H2,1H3,(H,21,23)(H,24,25). The van der Waals surface area contributed by atoms with Gasteiger partial charge in [0.15, 0.2) is 0 Å². The van der Waals surface area contributed by atoms with Gasteiger partial charge in [-0.25, -0.2) is 4.79 Å². The highest BCUT2D eigenvalue weighted by molar-refractivity contribution is 8.25. The lowest BCUT2D eigenvalue weighted by molar-refractivity contribution is -0.142. The van der Waals surface area contributed by atoms with E-state index >= 15 is 0 Å². The lowest BCUT2D eigenvalue weighted by Crippen LogP contribution is -2.62. The second-order valence-corrected chi connectivity index (χ2v) is 8.84. The summed E-state index contributed by atoms with van der Waals surface area (Å²) in [6.45, 7) is 1.75. The van der Waals surface area contributed by atoms with E-state index in [1.807, 2.05) is 0 Å². The summed E-state index contributed by atoms with van der Waals surface area (Å²) in [4.78, 5) is 24.2. The first-order valence-corrected chi connectivity index (χ1v) is 10.6. The van der Waals surface area contributed by atoms with E-state index in [0.29, 0.717) is 18.4 Å². The molecule has 0 spiro atoms. The van der Waals surface area contributed by atoms with Crippen LogP contribution in [0.5, 0.6) is 0 Å². The first-order chi connectivity index (χ1) is 13.2. The Bertz CT molecular complexity index is 849. The third-order valence-corrected chi connectivity index (χ3v) is 6.69. The Morgan fingerprint density at radius 2 is 1.86 bits per heavy atom. The molecule has 1 unspecified atom stereocenters. The van der Waals surface area contributed by atoms with Crippen molar-refractivity contribution in [1.82, 2.24) is 5.32 Å². The van der Waals surface area contributed by atoms with E-state index in [1.165, 1.54) is 12.1 Å². The van der Waals surface area contributed by atoms with Crippen LogP contribution in [0.25, 0.3) is 0 Å². The molecule has 1 aliphatic rings. The van der Waals surface area contributed by atoms with Crippen LogP contribution in [0.1, 0.15) is 35.7 Å². The average molecular weight is 405 g/mol. The maximum atomic E-state index is 12.5. The number of hydrogen-bond acceptors (Lipinski definition) is 5. The molecule has 1 aliphatic heterocycles. The van der Waals surface area contributed by atoms with Crippen molar-refractivity contribution in [2.24, 2.45) is 5.41 Å². The first-order valence-electron chi connectivity index (χ1n) is 8.70. The average Bonchev–Trinajstić information content (AvgIpc) is 2.63. The van der Waals surface area contributed by atoms with Gasteiger partial charge < -0.3 is 15.5 Å². The molecule has 5 N–H and O–H groups in total. The zero-order chi connectivity index (χ0) is 20.8. The van der Waals surface area contributed by atoms with E-state index in [2.05, 4.69) is 29.0 Å². The second kappa shape index (κ2) is 9.13. The molecule has 1 saturated heterocycles. The largest absolute Gasteiger partial charge is 0.480 e.